The molecule has 2 N–H and O–H groups in total. The van der Waals surface area contributed by atoms with Crippen LogP contribution < -0.4 is 38.4 Å². The molecule has 2 aromatic carbocycles. The Hall–Kier alpha value is 1.18. The maximum absolute atomic E-state index is 11.2. The average Bonchev–Trinajstić information content (AvgIpc) is 2.86. The van der Waals surface area contributed by atoms with Gasteiger partial charge in [0.1, 0.15) is 11.5 Å². The second-order valence-electron chi connectivity index (χ2n) is 6.15. The fourth-order valence-electron chi connectivity index (χ4n) is 1.75. The summed E-state index contributed by atoms with van der Waals surface area (Å²) in [4.78, 5) is 64.0. The normalized spacial score (nSPS) is 14.2. The van der Waals surface area contributed by atoms with E-state index >= 15 is 0 Å². The molecule has 43 heavy (non-hydrogen) atoms. The second kappa shape index (κ2) is 24.3. The molecule has 4 unspecified atom stereocenters. The third kappa shape index (κ3) is 22.4. The van der Waals surface area contributed by atoms with Crippen molar-refractivity contribution in [2.45, 2.75) is 11.2 Å². The summed E-state index contributed by atoms with van der Waals surface area (Å²) >= 11 is 3.60. The van der Waals surface area contributed by atoms with Crippen molar-refractivity contribution in [3.05, 3.63) is 58.6 Å². The van der Waals surface area contributed by atoms with Crippen molar-refractivity contribution in [2.24, 2.45) is 0 Å². The molecule has 20 nitrogen and oxygen atoms in total. The van der Waals surface area contributed by atoms with Gasteiger partial charge in [0.25, 0.3) is 0 Å². The zero-order chi connectivity index (χ0) is 34.7. The van der Waals surface area contributed by atoms with Crippen LogP contribution in [0.25, 0.3) is 0 Å². The zero-order valence-corrected chi connectivity index (χ0v) is 37.6. The molecule has 0 saturated heterocycles. The van der Waals surface area contributed by atoms with E-state index in [1.807, 2.05) is 0 Å². The van der Waals surface area contributed by atoms with Crippen LogP contribution in [0.5, 0.6) is 11.5 Å². The molecular formula is C14H12Cl2O20P4U3. The van der Waals surface area contributed by atoms with Crippen molar-refractivity contribution in [1.29, 1.82) is 0 Å². The Bertz CT molecular complexity index is 1340. The molecule has 0 aliphatic heterocycles. The Labute approximate surface area is 294 Å². The van der Waals surface area contributed by atoms with E-state index < -0.39 is 125 Å². The fraction of sp³-hybridized carbons (Fsp3) is 0.143. The number of aliphatic hydroxyl groups is 2. The number of para-hydroxylation sites is 2. The van der Waals surface area contributed by atoms with E-state index in [0.29, 0.717) is 0 Å². The summed E-state index contributed by atoms with van der Waals surface area (Å²) in [6.07, 6.45) is 0. The first-order valence-corrected chi connectivity index (χ1v) is 26.8. The molecule has 0 bridgehead atoms. The third-order valence-corrected chi connectivity index (χ3v) is 10.4. The molecule has 29 heteroatoms. The summed E-state index contributed by atoms with van der Waals surface area (Å²) in [6, 6.07) is 10.6. The van der Waals surface area contributed by atoms with Crippen molar-refractivity contribution in [3.8, 4) is 11.5 Å². The first-order chi connectivity index (χ1) is 19.5. The van der Waals surface area contributed by atoms with Crippen LogP contribution >= 0.6 is 53.6 Å². The molecule has 0 aromatic heterocycles. The van der Waals surface area contributed by atoms with Gasteiger partial charge in [0.05, 0.1) is 10.0 Å². The number of benzene rings is 2. The van der Waals surface area contributed by atoms with Crippen LogP contribution in [0.3, 0.4) is 0 Å². The fourth-order valence-corrected chi connectivity index (χ4v) is 6.32. The minimum atomic E-state index is -5.72. The van der Waals surface area contributed by atoms with E-state index in [0.717, 1.165) is 12.1 Å². The summed E-state index contributed by atoms with van der Waals surface area (Å²) in [5.74, 6) is -0.750. The number of hydrogen-bond acceptors (Lipinski definition) is 20. The summed E-state index contributed by atoms with van der Waals surface area (Å²) in [6.45, 7) is 0. The number of hydrogen-bond donors (Lipinski definition) is 2. The van der Waals surface area contributed by atoms with E-state index in [4.69, 9.17) is 46.8 Å². The van der Waals surface area contributed by atoms with Crippen LogP contribution in [0.2, 0.25) is 10.0 Å². The van der Waals surface area contributed by atoms with Gasteiger partial charge in [-0.1, -0.05) is 47.5 Å². The molecule has 0 radical (unpaired) electrons. The Morgan fingerprint density at radius 1 is 0.558 bits per heavy atom. The summed E-state index contributed by atoms with van der Waals surface area (Å²) in [5.41, 5.74) is -6.29. The Balaban J connectivity index is -0.000000583. The summed E-state index contributed by atoms with van der Waals surface area (Å²) in [5, 5.41) is 17.4. The van der Waals surface area contributed by atoms with Gasteiger partial charge in [0.15, 0.2) is 11.2 Å². The Morgan fingerprint density at radius 3 is 0.953 bits per heavy atom. The Morgan fingerprint density at radius 2 is 0.767 bits per heavy atom. The summed E-state index contributed by atoms with van der Waals surface area (Å²) < 4.78 is 103. The first kappa shape index (κ1) is 48.6. The van der Waals surface area contributed by atoms with E-state index in [1.54, 1.807) is 0 Å². The van der Waals surface area contributed by atoms with Crippen molar-refractivity contribution in [3.63, 3.8) is 0 Å². The van der Waals surface area contributed by atoms with E-state index in [9.17, 15) is 47.6 Å². The minimum absolute atomic E-state index is 0.109. The van der Waals surface area contributed by atoms with Gasteiger partial charge >= 0.3 is 96.9 Å². The van der Waals surface area contributed by atoms with Gasteiger partial charge in [-0.05, 0) is 39.5 Å². The van der Waals surface area contributed by atoms with Crippen LogP contribution in [0.4, 0.5) is 0 Å². The molecule has 4 atom stereocenters. The molecule has 2 rings (SSSR count). The van der Waals surface area contributed by atoms with Crippen LogP contribution in [-0.4, -0.2) is 21.4 Å². The predicted molar refractivity (Wildman–Crippen MR) is 111 cm³/mol. The van der Waals surface area contributed by atoms with Gasteiger partial charge in [-0.25, -0.2) is 0 Å². The van der Waals surface area contributed by atoms with Gasteiger partial charge in [-0.2, -0.15) is 0 Å². The molecule has 0 aliphatic rings. The van der Waals surface area contributed by atoms with Crippen LogP contribution in [0, 0.1) is 83.5 Å². The van der Waals surface area contributed by atoms with Gasteiger partial charge in [0.2, 0.25) is 15.2 Å². The molecule has 0 heterocycles. The van der Waals surface area contributed by atoms with Crippen molar-refractivity contribution in [2.75, 3.05) is 0 Å². The maximum atomic E-state index is 11.2. The number of rotatable bonds is 8. The van der Waals surface area contributed by atoms with E-state index in [-0.39, 0.29) is 21.5 Å². The van der Waals surface area contributed by atoms with Crippen molar-refractivity contribution in [1.82, 2.24) is 0 Å². The van der Waals surface area contributed by atoms with E-state index in [2.05, 4.69) is 9.05 Å². The molecule has 0 fully saturated rings. The molecule has 0 spiro atoms. The van der Waals surface area contributed by atoms with Crippen LogP contribution in [-0.2, 0) is 31.7 Å². The van der Waals surface area contributed by atoms with Crippen LogP contribution in [0.15, 0.2) is 48.5 Å². The van der Waals surface area contributed by atoms with Crippen molar-refractivity contribution >= 4 is 53.6 Å². The molecule has 0 aliphatic carbocycles. The van der Waals surface area contributed by atoms with E-state index in [1.165, 1.54) is 36.4 Å². The average molecular weight is 1410 g/mol. The molecule has 2 aromatic rings. The second-order valence-corrected chi connectivity index (χ2v) is 16.5. The predicted octanol–water partition coefficient (Wildman–Crippen LogP) is -1.79. The molecule has 234 valence electrons. The topological polar surface area (TPSA) is 368 Å². The number of aliphatic hydroxyl groups excluding tert-OH is 2. The molecular weight excluding hydrogens is 1400 g/mol. The Kier molecular flexibility index (Phi) is 27.5. The van der Waals surface area contributed by atoms with Crippen molar-refractivity contribution < 1.29 is 164 Å². The number of halogens is 2. The quantitative estimate of drug-likeness (QED) is 0.276. The SMILES string of the molecule is O=P([O-])([O-])C(O)P(=O)([O-])Oc1ccccc1Cl.O=P([O-])([O-])C(O)P(=O)([O-])Oc1ccccc1Cl.[O]=[U+2]=[O].[O]=[U+2]=[O].[O]=[U+2]=[O]. The standard InChI is InChI=1S/2C7H9ClO7P2.6O.3U/c2*8-5-3-1-2-4-6(5)15-17(13,14)7(9)16(10,11)12;;;;;;;;;/h2*1-4,7,9H,(H,13,14)(H2,10,11,12);;;;;;;;;/q;;;;;;;;3*+2/p-6. The summed E-state index contributed by atoms with van der Waals surface area (Å²) in [7, 11) is -22.1. The van der Waals surface area contributed by atoms with Gasteiger partial charge < -0.3 is 57.8 Å². The van der Waals surface area contributed by atoms with Gasteiger partial charge in [-0.15, -0.1) is 0 Å². The molecule has 0 saturated carbocycles. The molecule has 0 amide bonds. The van der Waals surface area contributed by atoms with Crippen LogP contribution in [0.1, 0.15) is 0 Å². The zero-order valence-electron chi connectivity index (χ0n) is 20.1. The third-order valence-electron chi connectivity index (χ3n) is 3.26. The van der Waals surface area contributed by atoms with Gasteiger partial charge in [-0.3, -0.25) is 9.13 Å². The van der Waals surface area contributed by atoms with Gasteiger partial charge in [0, 0.05) is 0 Å². The first-order valence-electron chi connectivity index (χ1n) is 9.41. The monoisotopic (exact) mass is 1410 g/mol.